The molecule has 3 heteroatoms. The minimum absolute atomic E-state index is 0.109. The molecule has 0 spiro atoms. The van der Waals surface area contributed by atoms with Crippen molar-refractivity contribution in [2.45, 2.75) is 12.8 Å². The van der Waals surface area contributed by atoms with E-state index in [1.807, 2.05) is 36.4 Å². The van der Waals surface area contributed by atoms with Crippen molar-refractivity contribution in [2.24, 2.45) is 0 Å². The lowest BCUT2D eigenvalue weighted by Gasteiger charge is -2.17. The van der Waals surface area contributed by atoms with Crippen LogP contribution in [0, 0.1) is 0 Å². The second kappa shape index (κ2) is 5.43. The molecular weight excluding hydrogens is 291 g/mol. The molecule has 0 atom stereocenters. The van der Waals surface area contributed by atoms with Crippen LogP contribution < -0.4 is 0 Å². The molecule has 2 aromatic rings. The average molecular weight is 303 g/mol. The van der Waals surface area contributed by atoms with Crippen LogP contribution in [0.4, 0.5) is 0 Å². The molecule has 0 saturated heterocycles. The van der Waals surface area contributed by atoms with Crippen LogP contribution in [-0.4, -0.2) is 5.78 Å². The average Bonchev–Trinajstić information content (AvgIpc) is 2.46. The van der Waals surface area contributed by atoms with Crippen LogP contribution in [-0.2, 0) is 6.42 Å². The minimum Gasteiger partial charge on any atom is -0.289 e. The molecule has 0 N–H and O–H groups in total. The standard InChI is InChI=1S/C17H12Cl2O/c18-15-8-5-11(10-16(15)19)9-13-7-6-12-3-1-2-4-14(12)17(13)20/h1-5,8-10H,6-7H2/b13-9+. The third-order valence-corrected chi connectivity index (χ3v) is 4.24. The lowest BCUT2D eigenvalue weighted by molar-refractivity contribution is 0.102. The van der Waals surface area contributed by atoms with Crippen molar-refractivity contribution in [1.29, 1.82) is 0 Å². The van der Waals surface area contributed by atoms with E-state index in [1.54, 1.807) is 12.1 Å². The van der Waals surface area contributed by atoms with Gasteiger partial charge in [-0.3, -0.25) is 4.79 Å². The smallest absolute Gasteiger partial charge is 0.189 e. The number of fused-ring (bicyclic) bond motifs is 1. The lowest BCUT2D eigenvalue weighted by atomic mass is 9.86. The summed E-state index contributed by atoms with van der Waals surface area (Å²) in [6.07, 6.45) is 3.56. The van der Waals surface area contributed by atoms with Gasteiger partial charge in [0.2, 0.25) is 0 Å². The summed E-state index contributed by atoms with van der Waals surface area (Å²) in [7, 11) is 0. The topological polar surface area (TPSA) is 17.1 Å². The van der Waals surface area contributed by atoms with Crippen LogP contribution in [0.2, 0.25) is 10.0 Å². The number of hydrogen-bond acceptors (Lipinski definition) is 1. The summed E-state index contributed by atoms with van der Waals surface area (Å²) < 4.78 is 0. The number of Topliss-reactive ketones (excluding diaryl/α,β-unsaturated/α-hetero) is 1. The predicted octanol–water partition coefficient (Wildman–Crippen LogP) is 5.21. The van der Waals surface area contributed by atoms with Crippen LogP contribution in [0.1, 0.15) is 27.9 Å². The summed E-state index contributed by atoms with van der Waals surface area (Å²) in [5, 5.41) is 1.03. The monoisotopic (exact) mass is 302 g/mol. The van der Waals surface area contributed by atoms with E-state index in [2.05, 4.69) is 0 Å². The maximum absolute atomic E-state index is 12.4. The Hall–Kier alpha value is -1.57. The van der Waals surface area contributed by atoms with Crippen LogP contribution in [0.15, 0.2) is 48.0 Å². The number of halogens is 2. The van der Waals surface area contributed by atoms with E-state index in [9.17, 15) is 4.79 Å². The third kappa shape index (κ3) is 2.52. The number of aryl methyl sites for hydroxylation is 1. The molecule has 1 nitrogen and oxygen atoms in total. The third-order valence-electron chi connectivity index (χ3n) is 3.50. The van der Waals surface area contributed by atoms with E-state index in [1.165, 1.54) is 0 Å². The van der Waals surface area contributed by atoms with Crippen LogP contribution >= 0.6 is 23.2 Å². The largest absolute Gasteiger partial charge is 0.289 e. The number of ketones is 1. The van der Waals surface area contributed by atoms with Gasteiger partial charge < -0.3 is 0 Å². The molecule has 0 heterocycles. The molecule has 0 fully saturated rings. The number of carbonyl (C=O) groups is 1. The molecule has 0 unspecified atom stereocenters. The SMILES string of the molecule is O=C1/C(=C/c2ccc(Cl)c(Cl)c2)CCc2ccccc21. The van der Waals surface area contributed by atoms with Gasteiger partial charge in [-0.15, -0.1) is 0 Å². The van der Waals surface area contributed by atoms with Gasteiger partial charge in [0.05, 0.1) is 10.0 Å². The maximum Gasteiger partial charge on any atom is 0.189 e. The van der Waals surface area contributed by atoms with Gasteiger partial charge in [-0.1, -0.05) is 53.5 Å². The fourth-order valence-corrected chi connectivity index (χ4v) is 2.76. The Morgan fingerprint density at radius 2 is 1.75 bits per heavy atom. The van der Waals surface area contributed by atoms with Crippen molar-refractivity contribution in [3.63, 3.8) is 0 Å². The molecule has 0 radical (unpaired) electrons. The molecule has 3 rings (SSSR count). The Balaban J connectivity index is 1.97. The predicted molar refractivity (Wildman–Crippen MR) is 83.5 cm³/mol. The van der Waals surface area contributed by atoms with Crippen LogP contribution in [0.3, 0.4) is 0 Å². The second-order valence-corrected chi connectivity index (χ2v) is 5.64. The van der Waals surface area contributed by atoms with Gasteiger partial charge >= 0.3 is 0 Å². The molecular formula is C17H12Cl2O. The number of benzene rings is 2. The summed E-state index contributed by atoms with van der Waals surface area (Å²) in [6.45, 7) is 0. The first-order valence-electron chi connectivity index (χ1n) is 6.43. The van der Waals surface area contributed by atoms with Crippen molar-refractivity contribution in [2.75, 3.05) is 0 Å². The van der Waals surface area contributed by atoms with Crippen molar-refractivity contribution in [3.05, 3.63) is 74.8 Å². The van der Waals surface area contributed by atoms with Crippen LogP contribution in [0.25, 0.3) is 6.08 Å². The molecule has 2 aromatic carbocycles. The van der Waals surface area contributed by atoms with Gasteiger partial charge in [0.25, 0.3) is 0 Å². The summed E-state index contributed by atoms with van der Waals surface area (Å²) >= 11 is 11.9. The van der Waals surface area contributed by atoms with E-state index in [4.69, 9.17) is 23.2 Å². The molecule has 0 saturated carbocycles. The summed E-state index contributed by atoms with van der Waals surface area (Å²) in [4.78, 5) is 12.4. The Bertz CT molecular complexity index is 717. The van der Waals surface area contributed by atoms with Crippen LogP contribution in [0.5, 0.6) is 0 Å². The van der Waals surface area contributed by atoms with E-state index in [0.717, 1.165) is 35.1 Å². The first-order valence-corrected chi connectivity index (χ1v) is 7.19. The van der Waals surface area contributed by atoms with Crippen molar-refractivity contribution < 1.29 is 4.79 Å². The Morgan fingerprint density at radius 3 is 2.55 bits per heavy atom. The van der Waals surface area contributed by atoms with Crippen molar-refractivity contribution in [1.82, 2.24) is 0 Å². The van der Waals surface area contributed by atoms with Gasteiger partial charge in [-0.2, -0.15) is 0 Å². The number of rotatable bonds is 1. The lowest BCUT2D eigenvalue weighted by Crippen LogP contribution is -2.13. The van der Waals surface area contributed by atoms with Gasteiger partial charge in [-0.25, -0.2) is 0 Å². The quantitative estimate of drug-likeness (QED) is 0.661. The highest BCUT2D eigenvalue weighted by molar-refractivity contribution is 6.42. The molecule has 0 bridgehead atoms. The van der Waals surface area contributed by atoms with Crippen molar-refractivity contribution in [3.8, 4) is 0 Å². The fraction of sp³-hybridized carbons (Fsp3) is 0.118. The highest BCUT2D eigenvalue weighted by atomic mass is 35.5. The fourth-order valence-electron chi connectivity index (χ4n) is 2.46. The van der Waals surface area contributed by atoms with E-state index < -0.39 is 0 Å². The Kier molecular flexibility index (Phi) is 3.64. The van der Waals surface area contributed by atoms with E-state index in [-0.39, 0.29) is 5.78 Å². The maximum atomic E-state index is 12.4. The molecule has 1 aliphatic rings. The first-order chi connectivity index (χ1) is 9.65. The molecule has 20 heavy (non-hydrogen) atoms. The Morgan fingerprint density at radius 1 is 0.950 bits per heavy atom. The zero-order valence-electron chi connectivity index (χ0n) is 10.7. The highest BCUT2D eigenvalue weighted by Crippen LogP contribution is 2.28. The zero-order chi connectivity index (χ0) is 14.1. The molecule has 100 valence electrons. The van der Waals surface area contributed by atoms with Gasteiger partial charge in [0.15, 0.2) is 5.78 Å². The highest BCUT2D eigenvalue weighted by Gasteiger charge is 2.21. The van der Waals surface area contributed by atoms with Gasteiger partial charge in [-0.05, 0) is 42.2 Å². The number of allylic oxidation sites excluding steroid dienone is 1. The molecule has 1 aliphatic carbocycles. The zero-order valence-corrected chi connectivity index (χ0v) is 12.2. The molecule has 0 aliphatic heterocycles. The second-order valence-electron chi connectivity index (χ2n) is 4.83. The van der Waals surface area contributed by atoms with Gasteiger partial charge in [0.1, 0.15) is 0 Å². The van der Waals surface area contributed by atoms with Crippen molar-refractivity contribution >= 4 is 35.1 Å². The minimum atomic E-state index is 0.109. The number of hydrogen-bond donors (Lipinski definition) is 0. The number of carbonyl (C=O) groups excluding carboxylic acids is 1. The normalized spacial score (nSPS) is 16.3. The molecule has 0 aromatic heterocycles. The van der Waals surface area contributed by atoms with E-state index >= 15 is 0 Å². The van der Waals surface area contributed by atoms with Gasteiger partial charge in [0, 0.05) is 11.1 Å². The first kappa shape index (κ1) is 13.4. The summed E-state index contributed by atoms with van der Waals surface area (Å²) in [5.74, 6) is 0.109. The Labute approximate surface area is 127 Å². The molecule has 0 amide bonds. The summed E-state index contributed by atoms with van der Waals surface area (Å²) in [5.41, 5.74) is 3.66. The van der Waals surface area contributed by atoms with E-state index in [0.29, 0.717) is 10.0 Å². The summed E-state index contributed by atoms with van der Waals surface area (Å²) in [6, 6.07) is 13.2.